The number of hydrogen-bond donors (Lipinski definition) is 3. The van der Waals surface area contributed by atoms with E-state index >= 15 is 0 Å². The number of H-pyrrole nitrogens is 1. The molecular weight excluding hydrogens is 300 g/mol. The van der Waals surface area contributed by atoms with Crippen molar-refractivity contribution in [3.63, 3.8) is 0 Å². The van der Waals surface area contributed by atoms with Crippen molar-refractivity contribution < 1.29 is 9.90 Å². The van der Waals surface area contributed by atoms with Crippen LogP contribution in [0.1, 0.15) is 22.0 Å². The maximum absolute atomic E-state index is 12.2. The summed E-state index contributed by atoms with van der Waals surface area (Å²) >= 11 is 6.03. The molecule has 0 spiro atoms. The van der Waals surface area contributed by atoms with Gasteiger partial charge in [-0.1, -0.05) is 29.8 Å². The van der Waals surface area contributed by atoms with Gasteiger partial charge in [-0.25, -0.2) is 0 Å². The Labute approximate surface area is 132 Å². The Morgan fingerprint density at radius 1 is 1.23 bits per heavy atom. The fourth-order valence-corrected chi connectivity index (χ4v) is 2.60. The lowest BCUT2D eigenvalue weighted by molar-refractivity contribution is 0.0916. The third-order valence-electron chi connectivity index (χ3n) is 3.54. The zero-order chi connectivity index (χ0) is 15.5. The number of halogens is 1. The second kappa shape index (κ2) is 6.22. The lowest BCUT2D eigenvalue weighted by atomic mass is 10.1. The van der Waals surface area contributed by atoms with Crippen molar-refractivity contribution in [1.29, 1.82) is 0 Å². The molecule has 1 atom stereocenters. The van der Waals surface area contributed by atoms with Crippen LogP contribution in [-0.4, -0.2) is 22.5 Å². The highest BCUT2D eigenvalue weighted by Crippen LogP contribution is 2.22. The molecular formula is C17H15ClN2O2. The molecule has 1 aromatic heterocycles. The lowest BCUT2D eigenvalue weighted by Gasteiger charge is -2.13. The molecule has 3 N–H and O–H groups in total. The number of aromatic nitrogens is 1. The first-order valence-corrected chi connectivity index (χ1v) is 7.31. The van der Waals surface area contributed by atoms with E-state index in [1.54, 1.807) is 30.3 Å². The monoisotopic (exact) mass is 314 g/mol. The summed E-state index contributed by atoms with van der Waals surface area (Å²) in [5.74, 6) is -0.228. The average Bonchev–Trinajstić information content (AvgIpc) is 3.00. The minimum absolute atomic E-state index is 0.105. The van der Waals surface area contributed by atoms with Crippen molar-refractivity contribution in [2.75, 3.05) is 6.54 Å². The molecule has 3 rings (SSSR count). The second-order valence-corrected chi connectivity index (χ2v) is 5.43. The van der Waals surface area contributed by atoms with Crippen LogP contribution in [0, 0.1) is 0 Å². The predicted octanol–water partition coefficient (Wildman–Crippen LogP) is 3.28. The van der Waals surface area contributed by atoms with Gasteiger partial charge < -0.3 is 15.4 Å². The van der Waals surface area contributed by atoms with Gasteiger partial charge in [0.25, 0.3) is 5.91 Å². The van der Waals surface area contributed by atoms with Crippen LogP contribution in [-0.2, 0) is 0 Å². The number of carbonyl (C=O) groups is 1. The summed E-state index contributed by atoms with van der Waals surface area (Å²) in [6, 6.07) is 14.4. The van der Waals surface area contributed by atoms with E-state index in [4.69, 9.17) is 11.6 Å². The molecule has 0 radical (unpaired) electrons. The van der Waals surface area contributed by atoms with Gasteiger partial charge in [0.05, 0.1) is 6.10 Å². The summed E-state index contributed by atoms with van der Waals surface area (Å²) in [6.45, 7) is 0.105. The van der Waals surface area contributed by atoms with Crippen LogP contribution < -0.4 is 5.32 Å². The summed E-state index contributed by atoms with van der Waals surface area (Å²) in [4.78, 5) is 15.2. The number of benzene rings is 2. The molecule has 0 aliphatic carbocycles. The second-order valence-electron chi connectivity index (χ2n) is 5.03. The van der Waals surface area contributed by atoms with E-state index < -0.39 is 6.10 Å². The molecule has 1 amide bonds. The van der Waals surface area contributed by atoms with Crippen molar-refractivity contribution in [3.05, 3.63) is 70.9 Å². The molecule has 0 saturated heterocycles. The number of aromatic amines is 1. The number of fused-ring (bicyclic) bond motifs is 1. The van der Waals surface area contributed by atoms with Crippen molar-refractivity contribution >= 4 is 28.4 Å². The fourth-order valence-electron chi connectivity index (χ4n) is 2.34. The Kier molecular flexibility index (Phi) is 4.13. The summed E-state index contributed by atoms with van der Waals surface area (Å²) in [7, 11) is 0. The Bertz CT molecular complexity index is 813. The maximum Gasteiger partial charge on any atom is 0.251 e. The molecule has 5 heteroatoms. The Hall–Kier alpha value is -2.30. The van der Waals surface area contributed by atoms with E-state index in [1.807, 2.05) is 24.4 Å². The molecule has 0 aliphatic heterocycles. The summed E-state index contributed by atoms with van der Waals surface area (Å²) < 4.78 is 0. The molecule has 0 saturated carbocycles. The first-order valence-electron chi connectivity index (χ1n) is 6.93. The quantitative estimate of drug-likeness (QED) is 0.692. The van der Waals surface area contributed by atoms with Gasteiger partial charge in [-0.05, 0) is 30.3 Å². The molecule has 3 aromatic rings. The molecule has 0 bridgehead atoms. The highest BCUT2D eigenvalue weighted by Gasteiger charge is 2.13. The number of aliphatic hydroxyl groups is 1. The van der Waals surface area contributed by atoms with E-state index in [2.05, 4.69) is 10.3 Å². The number of carbonyl (C=O) groups excluding carboxylic acids is 1. The standard InChI is InChI=1S/C17H15ClN2O2/c18-14-4-2-1-3-13(14)16(21)10-20-17(22)12-5-6-15-11(9-12)7-8-19-15/h1-9,16,19,21H,10H2,(H,20,22). The van der Waals surface area contributed by atoms with Crippen LogP contribution in [0.15, 0.2) is 54.7 Å². The topological polar surface area (TPSA) is 65.1 Å². The molecule has 0 aliphatic rings. The van der Waals surface area contributed by atoms with Gasteiger partial charge in [0.2, 0.25) is 0 Å². The largest absolute Gasteiger partial charge is 0.387 e. The number of nitrogens with one attached hydrogen (secondary N) is 2. The van der Waals surface area contributed by atoms with Crippen LogP contribution in [0.5, 0.6) is 0 Å². The molecule has 1 heterocycles. The SMILES string of the molecule is O=C(NCC(O)c1ccccc1Cl)c1ccc2[nH]ccc2c1. The molecule has 0 fully saturated rings. The Morgan fingerprint density at radius 2 is 2.05 bits per heavy atom. The predicted molar refractivity (Wildman–Crippen MR) is 87.0 cm³/mol. The van der Waals surface area contributed by atoms with Crippen molar-refractivity contribution in [1.82, 2.24) is 10.3 Å². The minimum Gasteiger partial charge on any atom is -0.387 e. The van der Waals surface area contributed by atoms with E-state index in [9.17, 15) is 9.90 Å². The van der Waals surface area contributed by atoms with Crippen LogP contribution in [0.3, 0.4) is 0 Å². The Balaban J connectivity index is 1.68. The van der Waals surface area contributed by atoms with Crippen molar-refractivity contribution in [2.45, 2.75) is 6.10 Å². The smallest absolute Gasteiger partial charge is 0.251 e. The molecule has 22 heavy (non-hydrogen) atoms. The zero-order valence-corrected chi connectivity index (χ0v) is 12.5. The van der Waals surface area contributed by atoms with E-state index in [1.165, 1.54) is 0 Å². The van der Waals surface area contributed by atoms with Gasteiger partial charge in [0.1, 0.15) is 0 Å². The maximum atomic E-state index is 12.2. The van der Waals surface area contributed by atoms with Crippen LogP contribution >= 0.6 is 11.6 Å². The fraction of sp³-hybridized carbons (Fsp3) is 0.118. The normalized spacial score (nSPS) is 12.3. The lowest BCUT2D eigenvalue weighted by Crippen LogP contribution is -2.28. The van der Waals surface area contributed by atoms with E-state index in [0.29, 0.717) is 16.1 Å². The minimum atomic E-state index is -0.839. The molecule has 112 valence electrons. The van der Waals surface area contributed by atoms with Crippen LogP contribution in [0.4, 0.5) is 0 Å². The van der Waals surface area contributed by atoms with Gasteiger partial charge in [-0.15, -0.1) is 0 Å². The van der Waals surface area contributed by atoms with Gasteiger partial charge in [0.15, 0.2) is 0 Å². The Morgan fingerprint density at radius 3 is 2.86 bits per heavy atom. The summed E-state index contributed by atoms with van der Waals surface area (Å²) in [5.41, 5.74) is 2.14. The zero-order valence-electron chi connectivity index (χ0n) is 11.7. The number of aliphatic hydroxyl groups excluding tert-OH is 1. The highest BCUT2D eigenvalue weighted by atomic mass is 35.5. The number of hydrogen-bond acceptors (Lipinski definition) is 2. The third kappa shape index (κ3) is 2.98. The first kappa shape index (κ1) is 14.6. The van der Waals surface area contributed by atoms with Gasteiger partial charge in [-0.2, -0.15) is 0 Å². The third-order valence-corrected chi connectivity index (χ3v) is 3.88. The summed E-state index contributed by atoms with van der Waals surface area (Å²) in [6.07, 6.45) is 0.988. The van der Waals surface area contributed by atoms with E-state index in [-0.39, 0.29) is 12.5 Å². The number of amides is 1. The van der Waals surface area contributed by atoms with Crippen LogP contribution in [0.25, 0.3) is 10.9 Å². The molecule has 2 aromatic carbocycles. The van der Waals surface area contributed by atoms with Gasteiger partial charge in [0, 0.05) is 39.8 Å². The average molecular weight is 315 g/mol. The van der Waals surface area contributed by atoms with Crippen molar-refractivity contribution in [3.8, 4) is 0 Å². The molecule has 4 nitrogen and oxygen atoms in total. The summed E-state index contributed by atoms with van der Waals surface area (Å²) in [5, 5.41) is 14.3. The van der Waals surface area contributed by atoms with Crippen molar-refractivity contribution in [2.24, 2.45) is 0 Å². The van der Waals surface area contributed by atoms with E-state index in [0.717, 1.165) is 10.9 Å². The van der Waals surface area contributed by atoms with Crippen LogP contribution in [0.2, 0.25) is 5.02 Å². The highest BCUT2D eigenvalue weighted by molar-refractivity contribution is 6.31. The first-order chi connectivity index (χ1) is 10.6. The molecule has 1 unspecified atom stereocenters. The number of rotatable bonds is 4. The van der Waals surface area contributed by atoms with Gasteiger partial charge >= 0.3 is 0 Å². The van der Waals surface area contributed by atoms with Gasteiger partial charge in [-0.3, -0.25) is 4.79 Å².